The second kappa shape index (κ2) is 5.93. The van der Waals surface area contributed by atoms with Gasteiger partial charge in [0.05, 0.1) is 0 Å². The molecule has 0 amide bonds. The standard InChI is InChI=1S/C19H28ClN/c1-19(2,3)17-6-4-5-7-18(17)21-16-11-13-8-9-15(20)10-14(13)12-16/h8-10,16-18,21H,4-7,11-12H2,1-3H3. The van der Waals surface area contributed by atoms with Crippen LogP contribution in [0.15, 0.2) is 18.2 Å². The zero-order valence-electron chi connectivity index (χ0n) is 13.6. The van der Waals surface area contributed by atoms with Crippen molar-refractivity contribution < 1.29 is 0 Å². The van der Waals surface area contributed by atoms with E-state index in [1.165, 1.54) is 43.2 Å². The van der Waals surface area contributed by atoms with Gasteiger partial charge in [0.15, 0.2) is 0 Å². The molecule has 2 aliphatic rings. The Morgan fingerprint density at radius 2 is 1.76 bits per heavy atom. The SMILES string of the molecule is CC(C)(C)C1CCCCC1NC1Cc2ccc(Cl)cc2C1. The summed E-state index contributed by atoms with van der Waals surface area (Å²) in [5, 5.41) is 4.87. The lowest BCUT2D eigenvalue weighted by Gasteiger charge is -2.42. The largest absolute Gasteiger partial charge is 0.310 e. The van der Waals surface area contributed by atoms with E-state index in [1.807, 2.05) is 6.07 Å². The van der Waals surface area contributed by atoms with Gasteiger partial charge in [-0.1, -0.05) is 51.3 Å². The van der Waals surface area contributed by atoms with Crippen molar-refractivity contribution >= 4 is 11.6 Å². The Balaban J connectivity index is 1.67. The van der Waals surface area contributed by atoms with Gasteiger partial charge in [-0.25, -0.2) is 0 Å². The fourth-order valence-electron chi connectivity index (χ4n) is 4.37. The quantitative estimate of drug-likeness (QED) is 0.810. The maximum atomic E-state index is 6.13. The molecule has 0 heterocycles. The summed E-state index contributed by atoms with van der Waals surface area (Å²) < 4.78 is 0. The molecule has 3 unspecified atom stereocenters. The number of halogens is 1. The van der Waals surface area contributed by atoms with Crippen LogP contribution in [-0.4, -0.2) is 12.1 Å². The van der Waals surface area contributed by atoms with Gasteiger partial charge < -0.3 is 5.32 Å². The van der Waals surface area contributed by atoms with E-state index < -0.39 is 0 Å². The lowest BCUT2D eigenvalue weighted by molar-refractivity contribution is 0.123. The highest BCUT2D eigenvalue weighted by atomic mass is 35.5. The van der Waals surface area contributed by atoms with E-state index >= 15 is 0 Å². The van der Waals surface area contributed by atoms with E-state index in [0.717, 1.165) is 17.4 Å². The summed E-state index contributed by atoms with van der Waals surface area (Å²) >= 11 is 6.13. The molecule has 116 valence electrons. The molecule has 2 aliphatic carbocycles. The third-order valence-corrected chi connectivity index (χ3v) is 5.66. The van der Waals surface area contributed by atoms with E-state index in [-0.39, 0.29) is 0 Å². The normalized spacial score (nSPS) is 29.4. The molecule has 0 bridgehead atoms. The van der Waals surface area contributed by atoms with Crippen molar-refractivity contribution in [2.45, 2.75) is 71.4 Å². The highest BCUT2D eigenvalue weighted by Crippen LogP contribution is 2.38. The lowest BCUT2D eigenvalue weighted by atomic mass is 9.69. The summed E-state index contributed by atoms with van der Waals surface area (Å²) in [5.41, 5.74) is 3.34. The molecular weight excluding hydrogens is 278 g/mol. The highest BCUT2D eigenvalue weighted by molar-refractivity contribution is 6.30. The first-order chi connectivity index (χ1) is 9.93. The van der Waals surface area contributed by atoms with Gasteiger partial charge in [0, 0.05) is 17.1 Å². The van der Waals surface area contributed by atoms with Gasteiger partial charge in [-0.05, 0) is 60.3 Å². The van der Waals surface area contributed by atoms with Crippen molar-refractivity contribution in [1.82, 2.24) is 5.32 Å². The van der Waals surface area contributed by atoms with E-state index in [2.05, 4.69) is 38.2 Å². The molecule has 1 aromatic carbocycles. The predicted octanol–water partition coefficient (Wildman–Crippen LogP) is 5.00. The van der Waals surface area contributed by atoms with Crippen molar-refractivity contribution in [2.75, 3.05) is 0 Å². The van der Waals surface area contributed by atoms with Crippen molar-refractivity contribution in [3.8, 4) is 0 Å². The minimum Gasteiger partial charge on any atom is -0.310 e. The maximum absolute atomic E-state index is 6.13. The van der Waals surface area contributed by atoms with Crippen LogP contribution in [0.5, 0.6) is 0 Å². The van der Waals surface area contributed by atoms with E-state index in [0.29, 0.717) is 17.5 Å². The molecule has 1 aromatic rings. The van der Waals surface area contributed by atoms with Gasteiger partial charge in [-0.2, -0.15) is 0 Å². The zero-order chi connectivity index (χ0) is 15.0. The van der Waals surface area contributed by atoms with Crippen LogP contribution >= 0.6 is 11.6 Å². The highest BCUT2D eigenvalue weighted by Gasteiger charge is 2.35. The minimum absolute atomic E-state index is 0.410. The summed E-state index contributed by atoms with van der Waals surface area (Å²) in [6, 6.07) is 7.68. The number of nitrogens with one attached hydrogen (secondary N) is 1. The Kier molecular flexibility index (Phi) is 4.34. The molecule has 0 saturated heterocycles. The third kappa shape index (κ3) is 3.46. The Morgan fingerprint density at radius 1 is 1.05 bits per heavy atom. The molecule has 2 heteroatoms. The van der Waals surface area contributed by atoms with Gasteiger partial charge in [0.1, 0.15) is 0 Å². The summed E-state index contributed by atoms with van der Waals surface area (Å²) in [5.74, 6) is 0.804. The summed E-state index contributed by atoms with van der Waals surface area (Å²) in [6.07, 6.45) is 7.82. The Morgan fingerprint density at radius 3 is 2.52 bits per heavy atom. The monoisotopic (exact) mass is 305 g/mol. The van der Waals surface area contributed by atoms with E-state index in [4.69, 9.17) is 11.6 Å². The van der Waals surface area contributed by atoms with Crippen LogP contribution in [0.1, 0.15) is 57.6 Å². The van der Waals surface area contributed by atoms with Crippen molar-refractivity contribution in [2.24, 2.45) is 11.3 Å². The molecule has 3 rings (SSSR count). The first-order valence-electron chi connectivity index (χ1n) is 8.47. The van der Waals surface area contributed by atoms with Gasteiger partial charge in [0.25, 0.3) is 0 Å². The number of fused-ring (bicyclic) bond motifs is 1. The predicted molar refractivity (Wildman–Crippen MR) is 91.0 cm³/mol. The van der Waals surface area contributed by atoms with Crippen LogP contribution in [-0.2, 0) is 12.8 Å². The molecular formula is C19H28ClN. The van der Waals surface area contributed by atoms with Crippen LogP contribution in [0.3, 0.4) is 0 Å². The van der Waals surface area contributed by atoms with Gasteiger partial charge in [-0.3, -0.25) is 0 Å². The van der Waals surface area contributed by atoms with Crippen LogP contribution in [0.2, 0.25) is 5.02 Å². The minimum atomic E-state index is 0.410. The van der Waals surface area contributed by atoms with Gasteiger partial charge in [0.2, 0.25) is 0 Å². The van der Waals surface area contributed by atoms with Crippen molar-refractivity contribution in [3.63, 3.8) is 0 Å². The average molecular weight is 306 g/mol. The molecule has 0 radical (unpaired) electrons. The summed E-state index contributed by atoms with van der Waals surface area (Å²) in [6.45, 7) is 7.21. The zero-order valence-corrected chi connectivity index (χ0v) is 14.3. The molecule has 0 aliphatic heterocycles. The average Bonchev–Trinajstić information content (AvgIpc) is 2.79. The number of rotatable bonds is 2. The molecule has 3 atom stereocenters. The maximum Gasteiger partial charge on any atom is 0.0408 e. The molecule has 1 fully saturated rings. The number of hydrogen-bond donors (Lipinski definition) is 1. The van der Waals surface area contributed by atoms with Crippen molar-refractivity contribution in [3.05, 3.63) is 34.3 Å². The van der Waals surface area contributed by atoms with Crippen LogP contribution in [0, 0.1) is 11.3 Å². The smallest absolute Gasteiger partial charge is 0.0408 e. The molecule has 1 N–H and O–H groups in total. The first kappa shape index (κ1) is 15.4. The fraction of sp³-hybridized carbons (Fsp3) is 0.684. The Bertz CT molecular complexity index is 503. The molecule has 1 nitrogen and oxygen atoms in total. The van der Waals surface area contributed by atoms with Crippen molar-refractivity contribution in [1.29, 1.82) is 0 Å². The molecule has 21 heavy (non-hydrogen) atoms. The second-order valence-electron chi connectivity index (χ2n) is 8.05. The third-order valence-electron chi connectivity index (χ3n) is 5.43. The Labute approximate surface area is 134 Å². The van der Waals surface area contributed by atoms with E-state index in [1.54, 1.807) is 0 Å². The molecule has 0 spiro atoms. The van der Waals surface area contributed by atoms with Gasteiger partial charge >= 0.3 is 0 Å². The van der Waals surface area contributed by atoms with Gasteiger partial charge in [-0.15, -0.1) is 0 Å². The Hall–Kier alpha value is -0.530. The summed E-state index contributed by atoms with van der Waals surface area (Å²) in [7, 11) is 0. The number of benzene rings is 1. The topological polar surface area (TPSA) is 12.0 Å². The fourth-order valence-corrected chi connectivity index (χ4v) is 4.57. The first-order valence-corrected chi connectivity index (χ1v) is 8.84. The van der Waals surface area contributed by atoms with Crippen LogP contribution in [0.25, 0.3) is 0 Å². The van der Waals surface area contributed by atoms with Crippen LogP contribution < -0.4 is 5.32 Å². The summed E-state index contributed by atoms with van der Waals surface area (Å²) in [4.78, 5) is 0. The molecule has 0 aromatic heterocycles. The lowest BCUT2D eigenvalue weighted by Crippen LogP contribution is -2.48. The molecule has 1 saturated carbocycles. The second-order valence-corrected chi connectivity index (χ2v) is 8.48. The number of hydrogen-bond acceptors (Lipinski definition) is 1. The van der Waals surface area contributed by atoms with E-state index in [9.17, 15) is 0 Å². The van der Waals surface area contributed by atoms with Crippen LogP contribution in [0.4, 0.5) is 0 Å².